The molecule has 7 N–H and O–H groups in total. The summed E-state index contributed by atoms with van der Waals surface area (Å²) in [6.45, 7) is 11.8. The van der Waals surface area contributed by atoms with Crippen molar-refractivity contribution < 1.29 is 48.2 Å². The third kappa shape index (κ3) is 14.3. The van der Waals surface area contributed by atoms with Crippen LogP contribution in [0.5, 0.6) is 5.75 Å². The first kappa shape index (κ1) is 48.7. The van der Waals surface area contributed by atoms with Crippen LogP contribution in [0.15, 0.2) is 54.6 Å². The summed E-state index contributed by atoms with van der Waals surface area (Å²) < 4.78 is 5.82. The number of carbonyl (C=O) groups is 8. The van der Waals surface area contributed by atoms with E-state index in [1.807, 2.05) is 33.8 Å². The number of fused-ring (bicyclic) bond motifs is 1. The SMILES string of the molecule is CC(C)CC(=O)NCC(=O)N[C@@H]1C(=O)NC(CC(C)C)C(=O)N2CCCC2C(=O)NC(Cc2ccccc2)C(=O)NC(Cc2ccc(O)cc2)C(=O)NC(C(C)C)C(=O)OC1C. The van der Waals surface area contributed by atoms with Gasteiger partial charge < -0.3 is 46.6 Å². The second kappa shape index (κ2) is 22.7. The van der Waals surface area contributed by atoms with Crippen molar-refractivity contribution in [2.45, 2.75) is 129 Å². The maximum atomic E-state index is 14.4. The number of carbonyl (C=O) groups excluding carboxylic acids is 8. The fraction of sp³-hybridized carbons (Fsp3) is 0.556. The molecule has 2 aliphatic heterocycles. The molecule has 6 unspecified atom stereocenters. The molecule has 2 heterocycles. The van der Waals surface area contributed by atoms with Crippen molar-refractivity contribution in [1.82, 2.24) is 36.8 Å². The summed E-state index contributed by atoms with van der Waals surface area (Å²) in [5, 5.41) is 26.1. The van der Waals surface area contributed by atoms with Crippen LogP contribution in [0.1, 0.15) is 85.3 Å². The van der Waals surface area contributed by atoms with Crippen LogP contribution >= 0.6 is 0 Å². The van der Waals surface area contributed by atoms with Crippen LogP contribution in [0.25, 0.3) is 0 Å². The fourth-order valence-electron chi connectivity index (χ4n) is 7.45. The topological polar surface area (TPSA) is 241 Å². The molecule has 62 heavy (non-hydrogen) atoms. The minimum absolute atomic E-state index is 0.0147. The molecule has 17 heteroatoms. The van der Waals surface area contributed by atoms with Crippen LogP contribution in [0.2, 0.25) is 0 Å². The van der Waals surface area contributed by atoms with Crippen molar-refractivity contribution in [3.05, 3.63) is 65.7 Å². The number of nitrogens with one attached hydrogen (secondary N) is 6. The third-order valence-electron chi connectivity index (χ3n) is 10.7. The van der Waals surface area contributed by atoms with Gasteiger partial charge in [-0.25, -0.2) is 4.79 Å². The Bertz CT molecular complexity index is 1910. The maximum Gasteiger partial charge on any atom is 0.329 e. The predicted octanol–water partition coefficient (Wildman–Crippen LogP) is 1.40. The van der Waals surface area contributed by atoms with Crippen molar-refractivity contribution in [1.29, 1.82) is 0 Å². The normalized spacial score (nSPS) is 24.5. The highest BCUT2D eigenvalue weighted by atomic mass is 16.5. The lowest BCUT2D eigenvalue weighted by molar-refractivity contribution is -0.157. The molecule has 2 aromatic rings. The average molecular weight is 862 g/mol. The Hall–Kier alpha value is -6.00. The number of cyclic esters (lactones) is 1. The Morgan fingerprint density at radius 1 is 0.742 bits per heavy atom. The van der Waals surface area contributed by atoms with Gasteiger partial charge in [0, 0.05) is 25.8 Å². The number of hydrogen-bond donors (Lipinski definition) is 7. The van der Waals surface area contributed by atoms with Crippen LogP contribution in [-0.2, 0) is 55.9 Å². The zero-order valence-corrected chi connectivity index (χ0v) is 36.7. The second-order valence-electron chi connectivity index (χ2n) is 17.4. The molecule has 0 aliphatic carbocycles. The van der Waals surface area contributed by atoms with Gasteiger partial charge in [-0.3, -0.25) is 33.6 Å². The molecule has 0 spiro atoms. The third-order valence-corrected chi connectivity index (χ3v) is 10.7. The van der Waals surface area contributed by atoms with E-state index in [0.717, 1.165) is 0 Å². The van der Waals surface area contributed by atoms with Crippen LogP contribution < -0.4 is 31.9 Å². The van der Waals surface area contributed by atoms with E-state index in [9.17, 15) is 43.5 Å². The average Bonchev–Trinajstić information content (AvgIpc) is 3.70. The predicted molar refractivity (Wildman–Crippen MR) is 229 cm³/mol. The molecule has 0 aromatic heterocycles. The second-order valence-corrected chi connectivity index (χ2v) is 17.4. The monoisotopic (exact) mass is 861 g/mol. The van der Waals surface area contributed by atoms with Gasteiger partial charge in [-0.05, 0) is 67.2 Å². The number of aromatic hydroxyl groups is 1. The Morgan fingerprint density at radius 3 is 1.92 bits per heavy atom. The minimum atomic E-state index is -1.57. The molecule has 17 nitrogen and oxygen atoms in total. The molecular weight excluding hydrogens is 799 g/mol. The number of ether oxygens (including phenoxy) is 1. The Balaban J connectivity index is 1.78. The van der Waals surface area contributed by atoms with E-state index in [-0.39, 0.29) is 62.1 Å². The maximum absolute atomic E-state index is 14.4. The van der Waals surface area contributed by atoms with Gasteiger partial charge in [-0.1, -0.05) is 84.0 Å². The van der Waals surface area contributed by atoms with Crippen molar-refractivity contribution in [3.8, 4) is 5.75 Å². The van der Waals surface area contributed by atoms with Gasteiger partial charge >= 0.3 is 5.97 Å². The van der Waals surface area contributed by atoms with E-state index in [1.165, 1.54) is 24.0 Å². The number of esters is 1. The Kier molecular flexibility index (Phi) is 17.8. The van der Waals surface area contributed by atoms with Gasteiger partial charge in [0.15, 0.2) is 0 Å². The van der Waals surface area contributed by atoms with Gasteiger partial charge in [-0.15, -0.1) is 0 Å². The van der Waals surface area contributed by atoms with Crippen LogP contribution in [-0.4, -0.2) is 113 Å². The van der Waals surface area contributed by atoms with Crippen molar-refractivity contribution >= 4 is 47.3 Å². The van der Waals surface area contributed by atoms with Gasteiger partial charge in [0.1, 0.15) is 48.1 Å². The number of phenolic OH excluding ortho intramolecular Hbond substituents is 1. The quantitative estimate of drug-likeness (QED) is 0.151. The van der Waals surface area contributed by atoms with E-state index in [1.54, 1.807) is 50.2 Å². The lowest BCUT2D eigenvalue weighted by atomic mass is 10.00. The minimum Gasteiger partial charge on any atom is -0.508 e. The Morgan fingerprint density at radius 2 is 1.32 bits per heavy atom. The van der Waals surface area contributed by atoms with Crippen LogP contribution in [0.4, 0.5) is 0 Å². The number of nitrogens with zero attached hydrogens (tertiary/aromatic N) is 1. The lowest BCUT2D eigenvalue weighted by Gasteiger charge is -2.32. The van der Waals surface area contributed by atoms with Crippen molar-refractivity contribution in [2.75, 3.05) is 13.1 Å². The highest BCUT2D eigenvalue weighted by Gasteiger charge is 2.42. The zero-order chi connectivity index (χ0) is 45.7. The summed E-state index contributed by atoms with van der Waals surface area (Å²) >= 11 is 0. The molecule has 7 atom stereocenters. The first-order valence-electron chi connectivity index (χ1n) is 21.4. The smallest absolute Gasteiger partial charge is 0.329 e. The molecule has 2 fully saturated rings. The number of benzene rings is 2. The summed E-state index contributed by atoms with van der Waals surface area (Å²) in [6, 6.07) is 7.40. The standard InChI is InChI=1S/C45H63N7O10/c1-25(2)20-34-44(60)52-19-11-14-35(52)42(58)48-32(22-29-12-9-8-10-13-29)40(56)47-33(23-30-15-17-31(53)18-16-30)41(57)51-38(27(5)6)45(61)62-28(7)39(43(59)49-34)50-37(55)24-46-36(54)21-26(3)4/h8-10,12-13,15-18,25-28,32-35,38-39,53H,11,14,19-24H2,1-7H3,(H,46,54)(H,47,56)(H,48,58)(H,49,59)(H,50,55)(H,51,57)/t28?,32?,33?,34?,35?,38?,39-/m0/s1. The summed E-state index contributed by atoms with van der Waals surface area (Å²) in [5.74, 6) is -6.26. The Labute approximate surface area is 363 Å². The molecule has 2 aromatic carbocycles. The summed E-state index contributed by atoms with van der Waals surface area (Å²) in [5.41, 5.74) is 1.27. The van der Waals surface area contributed by atoms with E-state index in [4.69, 9.17) is 4.74 Å². The molecule has 4 rings (SSSR count). The molecule has 2 aliphatic rings. The molecule has 0 bridgehead atoms. The molecule has 0 saturated carbocycles. The summed E-state index contributed by atoms with van der Waals surface area (Å²) in [6.07, 6.45) is -0.369. The van der Waals surface area contributed by atoms with Gasteiger partial charge in [-0.2, -0.15) is 0 Å². The number of rotatable bonds is 12. The lowest BCUT2D eigenvalue weighted by Crippen LogP contribution is -2.60. The largest absolute Gasteiger partial charge is 0.508 e. The number of amides is 7. The summed E-state index contributed by atoms with van der Waals surface area (Å²) in [7, 11) is 0. The number of phenols is 1. The molecule has 2 saturated heterocycles. The van der Waals surface area contributed by atoms with E-state index < -0.39 is 96.2 Å². The highest BCUT2D eigenvalue weighted by molar-refractivity contribution is 5.98. The van der Waals surface area contributed by atoms with E-state index in [0.29, 0.717) is 17.5 Å². The molecule has 338 valence electrons. The first-order valence-corrected chi connectivity index (χ1v) is 21.4. The number of hydrogen-bond acceptors (Lipinski definition) is 10. The van der Waals surface area contributed by atoms with Crippen molar-refractivity contribution in [2.24, 2.45) is 17.8 Å². The van der Waals surface area contributed by atoms with Crippen LogP contribution in [0, 0.1) is 17.8 Å². The van der Waals surface area contributed by atoms with E-state index >= 15 is 0 Å². The highest BCUT2D eigenvalue weighted by Crippen LogP contribution is 2.22. The zero-order valence-electron chi connectivity index (χ0n) is 36.7. The van der Waals surface area contributed by atoms with E-state index in [2.05, 4.69) is 31.9 Å². The molecule has 0 radical (unpaired) electrons. The summed E-state index contributed by atoms with van der Waals surface area (Å²) in [4.78, 5) is 112. The van der Waals surface area contributed by atoms with Gasteiger partial charge in [0.05, 0.1) is 6.54 Å². The van der Waals surface area contributed by atoms with Gasteiger partial charge in [0.25, 0.3) is 0 Å². The van der Waals surface area contributed by atoms with Crippen molar-refractivity contribution in [3.63, 3.8) is 0 Å². The molecular formula is C45H63N7O10. The fourth-order valence-corrected chi connectivity index (χ4v) is 7.45. The van der Waals surface area contributed by atoms with Gasteiger partial charge in [0.2, 0.25) is 41.4 Å². The molecule has 7 amide bonds. The van der Waals surface area contributed by atoms with Crippen LogP contribution in [0.3, 0.4) is 0 Å². The first-order chi connectivity index (χ1) is 29.3.